The molecule has 3 rings (SSSR count). The highest BCUT2D eigenvalue weighted by molar-refractivity contribution is 5.99. The van der Waals surface area contributed by atoms with E-state index in [2.05, 4.69) is 15.6 Å². The average molecular weight is 270 g/mol. The highest BCUT2D eigenvalue weighted by Gasteiger charge is 2.25. The van der Waals surface area contributed by atoms with Crippen LogP contribution in [0.3, 0.4) is 0 Å². The lowest BCUT2D eigenvalue weighted by molar-refractivity contribution is -0.121. The van der Waals surface area contributed by atoms with Crippen molar-refractivity contribution >= 4 is 28.2 Å². The molecular weight excluding hydrogens is 252 g/mol. The standard InChI is InChI=1S/C15H18N4O/c1-9(15(20)19-10-4-5-10)18-13-7-6-12(16)14-11(13)3-2-8-17-14/h2-3,6-10,18H,4-5,16H2,1H3,(H,19,20). The van der Waals surface area contributed by atoms with Crippen molar-refractivity contribution in [2.75, 3.05) is 11.1 Å². The van der Waals surface area contributed by atoms with E-state index in [1.165, 1.54) is 0 Å². The third-order valence-electron chi connectivity index (χ3n) is 3.49. The molecule has 0 spiro atoms. The van der Waals surface area contributed by atoms with Gasteiger partial charge in [-0.25, -0.2) is 0 Å². The first-order chi connectivity index (χ1) is 9.65. The van der Waals surface area contributed by atoms with Crippen molar-refractivity contribution in [1.29, 1.82) is 0 Å². The van der Waals surface area contributed by atoms with E-state index in [0.717, 1.165) is 29.4 Å². The third kappa shape index (κ3) is 2.52. The molecule has 1 amide bonds. The third-order valence-corrected chi connectivity index (χ3v) is 3.49. The SMILES string of the molecule is CC(Nc1ccc(N)c2ncccc12)C(=O)NC1CC1. The summed E-state index contributed by atoms with van der Waals surface area (Å²) in [5.41, 5.74) is 8.19. The second kappa shape index (κ2) is 5.00. The second-order valence-corrected chi connectivity index (χ2v) is 5.25. The minimum atomic E-state index is -0.289. The van der Waals surface area contributed by atoms with E-state index in [4.69, 9.17) is 5.73 Å². The van der Waals surface area contributed by atoms with E-state index in [-0.39, 0.29) is 11.9 Å². The molecule has 104 valence electrons. The van der Waals surface area contributed by atoms with Gasteiger partial charge in [-0.15, -0.1) is 0 Å². The molecule has 0 aliphatic heterocycles. The summed E-state index contributed by atoms with van der Waals surface area (Å²) in [4.78, 5) is 16.3. The molecule has 5 nitrogen and oxygen atoms in total. The van der Waals surface area contributed by atoms with Crippen molar-refractivity contribution in [3.05, 3.63) is 30.5 Å². The Morgan fingerprint density at radius 1 is 1.40 bits per heavy atom. The van der Waals surface area contributed by atoms with Crippen LogP contribution in [0.2, 0.25) is 0 Å². The van der Waals surface area contributed by atoms with Crippen LogP contribution in [0.4, 0.5) is 11.4 Å². The first-order valence-electron chi connectivity index (χ1n) is 6.85. The molecule has 5 heteroatoms. The van der Waals surface area contributed by atoms with Crippen molar-refractivity contribution in [2.24, 2.45) is 0 Å². The zero-order valence-corrected chi connectivity index (χ0v) is 11.4. The van der Waals surface area contributed by atoms with E-state index in [1.807, 2.05) is 31.2 Å². The number of fused-ring (bicyclic) bond motifs is 1. The molecule has 1 aromatic heterocycles. The number of nitrogens with zero attached hydrogens (tertiary/aromatic N) is 1. The number of nitrogen functional groups attached to an aromatic ring is 1. The van der Waals surface area contributed by atoms with Gasteiger partial charge in [0.25, 0.3) is 0 Å². The van der Waals surface area contributed by atoms with Gasteiger partial charge in [0.05, 0.1) is 11.2 Å². The maximum Gasteiger partial charge on any atom is 0.242 e. The summed E-state index contributed by atoms with van der Waals surface area (Å²) < 4.78 is 0. The van der Waals surface area contributed by atoms with Gasteiger partial charge < -0.3 is 16.4 Å². The zero-order chi connectivity index (χ0) is 14.1. The van der Waals surface area contributed by atoms with Gasteiger partial charge in [-0.1, -0.05) is 0 Å². The Kier molecular flexibility index (Phi) is 3.18. The summed E-state index contributed by atoms with van der Waals surface area (Å²) >= 11 is 0. The second-order valence-electron chi connectivity index (χ2n) is 5.25. The molecular formula is C15H18N4O. The largest absolute Gasteiger partial charge is 0.397 e. The van der Waals surface area contributed by atoms with Gasteiger partial charge in [0.1, 0.15) is 6.04 Å². The normalized spacial score (nSPS) is 15.8. The van der Waals surface area contributed by atoms with Crippen LogP contribution < -0.4 is 16.4 Å². The molecule has 1 aromatic carbocycles. The van der Waals surface area contributed by atoms with E-state index < -0.39 is 0 Å². The summed E-state index contributed by atoms with van der Waals surface area (Å²) in [6.45, 7) is 1.86. The van der Waals surface area contributed by atoms with Gasteiger partial charge in [0.2, 0.25) is 5.91 Å². The Bertz CT molecular complexity index is 651. The van der Waals surface area contributed by atoms with Crippen molar-refractivity contribution in [3.8, 4) is 0 Å². The summed E-state index contributed by atoms with van der Waals surface area (Å²) in [5.74, 6) is 0.0290. The molecule has 2 aromatic rings. The number of hydrogen-bond donors (Lipinski definition) is 3. The van der Waals surface area contributed by atoms with E-state index in [0.29, 0.717) is 11.7 Å². The smallest absolute Gasteiger partial charge is 0.242 e. The van der Waals surface area contributed by atoms with Crippen LogP contribution in [0.1, 0.15) is 19.8 Å². The van der Waals surface area contributed by atoms with E-state index in [9.17, 15) is 4.79 Å². The summed E-state index contributed by atoms with van der Waals surface area (Å²) in [6, 6.07) is 7.59. The van der Waals surface area contributed by atoms with Crippen molar-refractivity contribution < 1.29 is 4.79 Å². The quantitative estimate of drug-likeness (QED) is 0.741. The lowest BCUT2D eigenvalue weighted by Crippen LogP contribution is -2.38. The molecule has 1 aliphatic carbocycles. The van der Waals surface area contributed by atoms with Crippen molar-refractivity contribution in [3.63, 3.8) is 0 Å². The number of nitrogens with one attached hydrogen (secondary N) is 2. The molecule has 0 radical (unpaired) electrons. The maximum atomic E-state index is 12.0. The minimum Gasteiger partial charge on any atom is -0.397 e. The highest BCUT2D eigenvalue weighted by atomic mass is 16.2. The Balaban J connectivity index is 1.83. The molecule has 4 N–H and O–H groups in total. The maximum absolute atomic E-state index is 12.0. The number of anilines is 2. The molecule has 1 fully saturated rings. The first kappa shape index (κ1) is 12.7. The van der Waals surface area contributed by atoms with Crippen molar-refractivity contribution in [1.82, 2.24) is 10.3 Å². The number of amides is 1. The van der Waals surface area contributed by atoms with E-state index >= 15 is 0 Å². The Hall–Kier alpha value is -2.30. The lowest BCUT2D eigenvalue weighted by Gasteiger charge is -2.17. The van der Waals surface area contributed by atoms with Gasteiger partial charge in [-0.3, -0.25) is 9.78 Å². The van der Waals surface area contributed by atoms with E-state index in [1.54, 1.807) is 6.20 Å². The molecule has 1 aliphatic rings. The van der Waals surface area contributed by atoms with Gasteiger partial charge in [0.15, 0.2) is 0 Å². The fraction of sp³-hybridized carbons (Fsp3) is 0.333. The Morgan fingerprint density at radius 3 is 2.95 bits per heavy atom. The van der Waals surface area contributed by atoms with Crippen LogP contribution in [-0.2, 0) is 4.79 Å². The summed E-state index contributed by atoms with van der Waals surface area (Å²) in [7, 11) is 0. The Morgan fingerprint density at radius 2 is 2.20 bits per heavy atom. The zero-order valence-electron chi connectivity index (χ0n) is 11.4. The molecule has 20 heavy (non-hydrogen) atoms. The van der Waals surface area contributed by atoms with Crippen LogP contribution >= 0.6 is 0 Å². The van der Waals surface area contributed by atoms with Crippen molar-refractivity contribution in [2.45, 2.75) is 31.8 Å². The van der Waals surface area contributed by atoms with Gasteiger partial charge in [0, 0.05) is 23.3 Å². The van der Waals surface area contributed by atoms with Crippen LogP contribution in [0.15, 0.2) is 30.5 Å². The number of hydrogen-bond acceptors (Lipinski definition) is 4. The number of rotatable bonds is 4. The first-order valence-corrected chi connectivity index (χ1v) is 6.85. The summed E-state index contributed by atoms with van der Waals surface area (Å²) in [5, 5.41) is 7.16. The molecule has 0 bridgehead atoms. The molecule has 1 heterocycles. The topological polar surface area (TPSA) is 80.0 Å². The number of aromatic nitrogens is 1. The number of carbonyl (C=O) groups excluding carboxylic acids is 1. The van der Waals surface area contributed by atoms with Crippen LogP contribution in [-0.4, -0.2) is 23.0 Å². The predicted octanol–water partition coefficient (Wildman–Crippen LogP) is 1.90. The number of benzene rings is 1. The molecule has 0 saturated heterocycles. The lowest BCUT2D eigenvalue weighted by atomic mass is 10.1. The minimum absolute atomic E-state index is 0.0290. The van der Waals surface area contributed by atoms with Gasteiger partial charge >= 0.3 is 0 Å². The number of nitrogens with two attached hydrogens (primary N) is 1. The molecule has 1 saturated carbocycles. The molecule has 1 unspecified atom stereocenters. The van der Waals surface area contributed by atoms with Crippen LogP contribution in [0.25, 0.3) is 10.9 Å². The fourth-order valence-corrected chi connectivity index (χ4v) is 2.17. The monoisotopic (exact) mass is 270 g/mol. The predicted molar refractivity (Wildman–Crippen MR) is 80.4 cm³/mol. The Labute approximate surface area is 117 Å². The molecule has 1 atom stereocenters. The van der Waals surface area contributed by atoms with Crippen LogP contribution in [0, 0.1) is 0 Å². The summed E-state index contributed by atoms with van der Waals surface area (Å²) in [6.07, 6.45) is 3.89. The van der Waals surface area contributed by atoms with Gasteiger partial charge in [-0.05, 0) is 44.0 Å². The average Bonchev–Trinajstić information content (AvgIpc) is 3.26. The number of pyridine rings is 1. The van der Waals surface area contributed by atoms with Gasteiger partial charge in [-0.2, -0.15) is 0 Å². The fourth-order valence-electron chi connectivity index (χ4n) is 2.17. The highest BCUT2D eigenvalue weighted by Crippen LogP contribution is 2.27. The van der Waals surface area contributed by atoms with Crippen LogP contribution in [0.5, 0.6) is 0 Å². The number of carbonyl (C=O) groups is 1.